The van der Waals surface area contributed by atoms with E-state index in [9.17, 15) is 4.79 Å². The summed E-state index contributed by atoms with van der Waals surface area (Å²) >= 11 is 1.76. The Morgan fingerprint density at radius 1 is 1.29 bits per heavy atom. The summed E-state index contributed by atoms with van der Waals surface area (Å²) in [7, 11) is 1.82. The standard InChI is InChI=1S/C16H22N2O2S/c1-17-11-16(20-15(17)19)8-3-9-18(12-16)10-13-4-6-14(21-2)7-5-13/h4-7H,3,8-12H2,1-2H3/t16-/m0/s1. The van der Waals surface area contributed by atoms with Crippen LogP contribution in [0.1, 0.15) is 18.4 Å². The summed E-state index contributed by atoms with van der Waals surface area (Å²) in [5, 5.41) is 0. The highest BCUT2D eigenvalue weighted by atomic mass is 32.2. The highest BCUT2D eigenvalue weighted by molar-refractivity contribution is 7.98. The molecule has 0 aliphatic carbocycles. The predicted octanol–water partition coefficient (Wildman–Crippen LogP) is 2.83. The lowest BCUT2D eigenvalue weighted by Gasteiger charge is -2.38. The summed E-state index contributed by atoms with van der Waals surface area (Å²) in [6.45, 7) is 3.56. The Morgan fingerprint density at radius 2 is 2.05 bits per heavy atom. The molecule has 2 aliphatic heterocycles. The number of carbonyl (C=O) groups excluding carboxylic acids is 1. The van der Waals surface area contributed by atoms with Crippen molar-refractivity contribution in [1.29, 1.82) is 0 Å². The van der Waals surface area contributed by atoms with E-state index in [2.05, 4.69) is 35.4 Å². The number of thioether (sulfide) groups is 1. The molecule has 2 fully saturated rings. The van der Waals surface area contributed by atoms with Gasteiger partial charge in [0.15, 0.2) is 0 Å². The number of hydrogen-bond donors (Lipinski definition) is 0. The maximum Gasteiger partial charge on any atom is 0.410 e. The maximum absolute atomic E-state index is 11.7. The summed E-state index contributed by atoms with van der Waals surface area (Å²) in [4.78, 5) is 17.1. The number of rotatable bonds is 3. The number of likely N-dealkylation sites (tertiary alicyclic amines) is 1. The fourth-order valence-corrected chi connectivity index (χ4v) is 3.73. The van der Waals surface area contributed by atoms with E-state index in [0.29, 0.717) is 6.54 Å². The number of amides is 1. The Hall–Kier alpha value is -1.20. The highest BCUT2D eigenvalue weighted by Gasteiger charge is 2.46. The number of likely N-dealkylation sites (N-methyl/N-ethyl adjacent to an activating group) is 1. The van der Waals surface area contributed by atoms with Gasteiger partial charge in [-0.1, -0.05) is 12.1 Å². The lowest BCUT2D eigenvalue weighted by molar-refractivity contribution is -0.0113. The normalized spacial score (nSPS) is 26.4. The topological polar surface area (TPSA) is 32.8 Å². The smallest absolute Gasteiger partial charge is 0.410 e. The Morgan fingerprint density at radius 3 is 2.67 bits per heavy atom. The van der Waals surface area contributed by atoms with Crippen LogP contribution < -0.4 is 0 Å². The highest BCUT2D eigenvalue weighted by Crippen LogP contribution is 2.32. The minimum absolute atomic E-state index is 0.179. The average molecular weight is 306 g/mol. The second-order valence-corrected chi connectivity index (χ2v) is 6.95. The van der Waals surface area contributed by atoms with Crippen LogP contribution in [0.3, 0.4) is 0 Å². The van der Waals surface area contributed by atoms with Crippen molar-refractivity contribution in [2.75, 3.05) is 32.9 Å². The van der Waals surface area contributed by atoms with Crippen LogP contribution in [0.25, 0.3) is 0 Å². The molecule has 1 amide bonds. The minimum atomic E-state index is -0.288. The molecule has 2 saturated heterocycles. The van der Waals surface area contributed by atoms with E-state index in [0.717, 1.165) is 32.5 Å². The second-order valence-electron chi connectivity index (χ2n) is 6.07. The van der Waals surface area contributed by atoms with E-state index in [1.54, 1.807) is 16.7 Å². The van der Waals surface area contributed by atoms with Crippen LogP contribution in [0.2, 0.25) is 0 Å². The summed E-state index contributed by atoms with van der Waals surface area (Å²) in [6.07, 6.45) is 3.98. The van der Waals surface area contributed by atoms with Crippen LogP contribution in [0.4, 0.5) is 4.79 Å². The lowest BCUT2D eigenvalue weighted by atomic mass is 9.92. The third kappa shape index (κ3) is 3.19. The summed E-state index contributed by atoms with van der Waals surface area (Å²) in [6, 6.07) is 8.73. The molecule has 0 radical (unpaired) electrons. The second kappa shape index (κ2) is 5.89. The van der Waals surface area contributed by atoms with Crippen LogP contribution in [0.15, 0.2) is 29.2 Å². The first-order valence-electron chi connectivity index (χ1n) is 7.40. The molecule has 0 saturated carbocycles. The van der Waals surface area contributed by atoms with Crippen molar-refractivity contribution >= 4 is 17.9 Å². The molecule has 0 bridgehead atoms. The zero-order chi connectivity index (χ0) is 14.9. The van der Waals surface area contributed by atoms with Gasteiger partial charge >= 0.3 is 6.09 Å². The van der Waals surface area contributed by atoms with Crippen LogP contribution in [0.5, 0.6) is 0 Å². The molecule has 0 aromatic heterocycles. The van der Waals surface area contributed by atoms with Gasteiger partial charge < -0.3 is 9.64 Å². The molecule has 1 aromatic carbocycles. The summed E-state index contributed by atoms with van der Waals surface area (Å²) < 4.78 is 5.65. The van der Waals surface area contributed by atoms with Gasteiger partial charge in [0.1, 0.15) is 5.60 Å². The third-order valence-corrected chi connectivity index (χ3v) is 5.07. The first-order valence-corrected chi connectivity index (χ1v) is 8.62. The van der Waals surface area contributed by atoms with Crippen LogP contribution in [0, 0.1) is 0 Å². The maximum atomic E-state index is 11.7. The molecule has 4 nitrogen and oxygen atoms in total. The number of carbonyl (C=O) groups is 1. The first kappa shape index (κ1) is 14.7. The van der Waals surface area contributed by atoms with Gasteiger partial charge in [0.2, 0.25) is 0 Å². The molecule has 3 rings (SSSR count). The SMILES string of the molecule is CSc1ccc(CN2CCC[C@@]3(C2)CN(C)C(=O)O3)cc1. The van der Waals surface area contributed by atoms with E-state index < -0.39 is 0 Å². The molecule has 1 atom stereocenters. The molecule has 0 unspecified atom stereocenters. The lowest BCUT2D eigenvalue weighted by Crippen LogP contribution is -2.50. The van der Waals surface area contributed by atoms with Gasteiger partial charge in [-0.3, -0.25) is 4.90 Å². The molecule has 0 N–H and O–H groups in total. The van der Waals surface area contributed by atoms with Gasteiger partial charge in [-0.05, 0) is 43.3 Å². The van der Waals surface area contributed by atoms with Gasteiger partial charge in [-0.2, -0.15) is 0 Å². The Balaban J connectivity index is 1.65. The van der Waals surface area contributed by atoms with Crippen LogP contribution >= 0.6 is 11.8 Å². The molecule has 21 heavy (non-hydrogen) atoms. The van der Waals surface area contributed by atoms with Gasteiger partial charge in [-0.25, -0.2) is 4.79 Å². The van der Waals surface area contributed by atoms with Crippen molar-refractivity contribution in [1.82, 2.24) is 9.80 Å². The van der Waals surface area contributed by atoms with E-state index in [1.807, 2.05) is 7.05 Å². The van der Waals surface area contributed by atoms with E-state index >= 15 is 0 Å². The van der Waals surface area contributed by atoms with Crippen LogP contribution in [-0.2, 0) is 11.3 Å². The Kier molecular flexibility index (Phi) is 4.13. The average Bonchev–Trinajstić information content (AvgIpc) is 2.74. The van der Waals surface area contributed by atoms with Crippen molar-refractivity contribution in [3.05, 3.63) is 29.8 Å². The Labute approximate surface area is 130 Å². The van der Waals surface area contributed by atoms with E-state index in [1.165, 1.54) is 10.5 Å². The Bertz CT molecular complexity index is 520. The third-order valence-electron chi connectivity index (χ3n) is 4.32. The van der Waals surface area contributed by atoms with E-state index in [4.69, 9.17) is 4.74 Å². The van der Waals surface area contributed by atoms with Gasteiger partial charge in [-0.15, -0.1) is 11.8 Å². The number of hydrogen-bond acceptors (Lipinski definition) is 4. The molecular weight excluding hydrogens is 284 g/mol. The van der Waals surface area contributed by atoms with Crippen molar-refractivity contribution in [2.24, 2.45) is 0 Å². The largest absolute Gasteiger partial charge is 0.440 e. The summed E-state index contributed by atoms with van der Waals surface area (Å²) in [5.41, 5.74) is 1.03. The van der Waals surface area contributed by atoms with Gasteiger partial charge in [0.05, 0.1) is 6.54 Å². The van der Waals surface area contributed by atoms with Crippen molar-refractivity contribution in [3.63, 3.8) is 0 Å². The molecule has 2 aliphatic rings. The quantitative estimate of drug-likeness (QED) is 0.804. The molecule has 5 heteroatoms. The molecule has 114 valence electrons. The van der Waals surface area contributed by atoms with Crippen molar-refractivity contribution in [2.45, 2.75) is 29.9 Å². The number of nitrogens with zero attached hydrogens (tertiary/aromatic N) is 2. The number of benzene rings is 1. The van der Waals surface area contributed by atoms with Crippen molar-refractivity contribution in [3.8, 4) is 0 Å². The number of piperidine rings is 1. The molecule has 2 heterocycles. The molecule has 1 aromatic rings. The van der Waals surface area contributed by atoms with Gasteiger partial charge in [0.25, 0.3) is 0 Å². The first-order chi connectivity index (χ1) is 10.1. The minimum Gasteiger partial charge on any atom is -0.440 e. The fraction of sp³-hybridized carbons (Fsp3) is 0.562. The monoisotopic (exact) mass is 306 g/mol. The van der Waals surface area contributed by atoms with Crippen LogP contribution in [-0.4, -0.2) is 54.4 Å². The molecule has 1 spiro atoms. The zero-order valence-electron chi connectivity index (χ0n) is 12.7. The van der Waals surface area contributed by atoms with Crippen molar-refractivity contribution < 1.29 is 9.53 Å². The zero-order valence-corrected chi connectivity index (χ0v) is 13.5. The summed E-state index contributed by atoms with van der Waals surface area (Å²) in [5.74, 6) is 0. The van der Waals surface area contributed by atoms with Gasteiger partial charge in [0, 0.05) is 25.0 Å². The number of ether oxygens (including phenoxy) is 1. The van der Waals surface area contributed by atoms with E-state index in [-0.39, 0.29) is 11.7 Å². The molecular formula is C16H22N2O2S. The predicted molar refractivity (Wildman–Crippen MR) is 84.6 cm³/mol. The fourth-order valence-electron chi connectivity index (χ4n) is 3.32.